The molecule has 2 aliphatic rings. The van der Waals surface area contributed by atoms with E-state index in [2.05, 4.69) is 51.9 Å². The minimum atomic E-state index is -0.411. The second-order valence-corrected chi connectivity index (χ2v) is 12.6. The maximum atomic E-state index is 13.0. The van der Waals surface area contributed by atoms with Crippen molar-refractivity contribution in [1.29, 1.82) is 0 Å². The highest BCUT2D eigenvalue weighted by Crippen LogP contribution is 2.39. The lowest BCUT2D eigenvalue weighted by Gasteiger charge is -2.44. The Morgan fingerprint density at radius 2 is 1.72 bits per heavy atom. The van der Waals surface area contributed by atoms with Crippen LogP contribution in [0.2, 0.25) is 10.0 Å². The van der Waals surface area contributed by atoms with Crippen molar-refractivity contribution < 1.29 is 4.79 Å². The van der Waals surface area contributed by atoms with Crippen LogP contribution in [0.4, 0.5) is 0 Å². The van der Waals surface area contributed by atoms with E-state index in [0.29, 0.717) is 10.0 Å². The first-order valence-electron chi connectivity index (χ1n) is 13.4. The number of hydrogen-bond donors (Lipinski definition) is 2. The van der Waals surface area contributed by atoms with Gasteiger partial charge >= 0.3 is 0 Å². The molecule has 2 aromatic carbocycles. The number of amides is 1. The fourth-order valence-electron chi connectivity index (χ4n) is 5.85. The molecule has 1 amide bonds. The smallest absolute Gasteiger partial charge is 0.226 e. The molecule has 196 valence electrons. The second kappa shape index (κ2) is 11.4. The van der Waals surface area contributed by atoms with Crippen molar-refractivity contribution in [1.82, 2.24) is 15.5 Å². The third-order valence-corrected chi connectivity index (χ3v) is 8.94. The van der Waals surface area contributed by atoms with Gasteiger partial charge in [-0.1, -0.05) is 80.4 Å². The number of hydrogen-bond acceptors (Lipinski definition) is 3. The Balaban J connectivity index is 1.40. The normalized spacial score (nSPS) is 22.8. The number of rotatable bonds is 7. The van der Waals surface area contributed by atoms with Gasteiger partial charge in [0.25, 0.3) is 0 Å². The molecular weight excluding hydrogens is 489 g/mol. The van der Waals surface area contributed by atoms with Crippen LogP contribution in [0, 0.1) is 5.41 Å². The van der Waals surface area contributed by atoms with E-state index in [4.69, 9.17) is 23.2 Å². The molecule has 1 atom stereocenters. The van der Waals surface area contributed by atoms with Gasteiger partial charge in [0.1, 0.15) is 0 Å². The number of piperidine rings is 2. The lowest BCUT2D eigenvalue weighted by molar-refractivity contribution is -0.131. The molecule has 1 unspecified atom stereocenters. The van der Waals surface area contributed by atoms with Crippen LogP contribution in [-0.2, 0) is 15.7 Å². The van der Waals surface area contributed by atoms with E-state index in [1.165, 1.54) is 24.0 Å². The predicted octanol–water partition coefficient (Wildman–Crippen LogP) is 6.55. The Bertz CT molecular complexity index is 1020. The first-order valence-corrected chi connectivity index (χ1v) is 14.2. The molecule has 0 spiro atoms. The molecule has 0 aliphatic carbocycles. The van der Waals surface area contributed by atoms with Gasteiger partial charge in [-0.3, -0.25) is 4.79 Å². The van der Waals surface area contributed by atoms with E-state index >= 15 is 0 Å². The minimum Gasteiger partial charge on any atom is -0.346 e. The quantitative estimate of drug-likeness (QED) is 0.427. The SMILES string of the molecule is CC(C)(C)C(=O)NC1(c2ccccc2)CCN(CCCC2(c3ccc(Cl)c(Cl)c3)CCCNC2)CC1. The Kier molecular flexibility index (Phi) is 8.71. The molecule has 2 saturated heterocycles. The zero-order valence-electron chi connectivity index (χ0n) is 22.0. The van der Waals surface area contributed by atoms with E-state index in [0.717, 1.165) is 58.4 Å². The topological polar surface area (TPSA) is 44.4 Å². The van der Waals surface area contributed by atoms with Gasteiger partial charge in [0.05, 0.1) is 15.6 Å². The van der Waals surface area contributed by atoms with Gasteiger partial charge in [-0.05, 0) is 74.9 Å². The first-order chi connectivity index (χ1) is 17.1. The fourth-order valence-corrected chi connectivity index (χ4v) is 6.14. The van der Waals surface area contributed by atoms with Crippen LogP contribution in [0.3, 0.4) is 0 Å². The molecule has 6 heteroatoms. The number of benzene rings is 2. The summed E-state index contributed by atoms with van der Waals surface area (Å²) in [5.74, 6) is 0.119. The average Bonchev–Trinajstić information content (AvgIpc) is 2.87. The highest BCUT2D eigenvalue weighted by Gasteiger charge is 2.40. The van der Waals surface area contributed by atoms with Crippen LogP contribution >= 0.6 is 23.2 Å². The van der Waals surface area contributed by atoms with Crippen molar-refractivity contribution in [2.24, 2.45) is 5.41 Å². The average molecular weight is 531 g/mol. The van der Waals surface area contributed by atoms with Crippen LogP contribution in [0.25, 0.3) is 0 Å². The number of nitrogens with zero attached hydrogens (tertiary/aromatic N) is 1. The van der Waals surface area contributed by atoms with Gasteiger partial charge in [-0.15, -0.1) is 0 Å². The lowest BCUT2D eigenvalue weighted by atomic mass is 9.71. The summed E-state index contributed by atoms with van der Waals surface area (Å²) in [5.41, 5.74) is 1.92. The van der Waals surface area contributed by atoms with E-state index in [-0.39, 0.29) is 16.9 Å². The summed E-state index contributed by atoms with van der Waals surface area (Å²) >= 11 is 12.6. The van der Waals surface area contributed by atoms with E-state index in [9.17, 15) is 4.79 Å². The van der Waals surface area contributed by atoms with Gasteiger partial charge in [0, 0.05) is 30.5 Å². The maximum absolute atomic E-state index is 13.0. The Morgan fingerprint density at radius 1 is 1.00 bits per heavy atom. The molecule has 2 N–H and O–H groups in total. The Hall–Kier alpha value is -1.59. The molecule has 0 bridgehead atoms. The molecule has 2 aromatic rings. The van der Waals surface area contributed by atoms with E-state index in [1.54, 1.807) is 0 Å². The van der Waals surface area contributed by atoms with Gasteiger partial charge in [0.2, 0.25) is 5.91 Å². The monoisotopic (exact) mass is 529 g/mol. The zero-order chi connectivity index (χ0) is 25.8. The molecule has 36 heavy (non-hydrogen) atoms. The van der Waals surface area contributed by atoms with Crippen molar-refractivity contribution in [2.75, 3.05) is 32.7 Å². The second-order valence-electron chi connectivity index (χ2n) is 11.8. The van der Waals surface area contributed by atoms with E-state index in [1.807, 2.05) is 32.9 Å². The van der Waals surface area contributed by atoms with Crippen LogP contribution < -0.4 is 10.6 Å². The summed E-state index contributed by atoms with van der Waals surface area (Å²) in [6, 6.07) is 16.7. The standard InChI is InChI=1S/C30H41Cl2N3O/c1-28(2,3)27(36)34-30(23-9-5-4-6-10-23)15-19-35(20-16-30)18-8-14-29(13-7-17-33-22-29)24-11-12-25(31)26(32)21-24/h4-6,9-12,21,33H,7-8,13-20,22H2,1-3H3,(H,34,36). The molecular formula is C30H41Cl2N3O. The van der Waals surface area contributed by atoms with Gasteiger partial charge in [0.15, 0.2) is 0 Å². The van der Waals surface area contributed by atoms with Crippen molar-refractivity contribution in [3.8, 4) is 0 Å². The molecule has 0 aromatic heterocycles. The maximum Gasteiger partial charge on any atom is 0.226 e. The number of nitrogens with one attached hydrogen (secondary N) is 2. The summed E-state index contributed by atoms with van der Waals surface area (Å²) in [4.78, 5) is 15.6. The van der Waals surface area contributed by atoms with Crippen LogP contribution in [-0.4, -0.2) is 43.5 Å². The number of carbonyl (C=O) groups excluding carboxylic acids is 1. The summed E-state index contributed by atoms with van der Waals surface area (Å²) in [6.07, 6.45) is 6.47. The van der Waals surface area contributed by atoms with Crippen LogP contribution in [0.5, 0.6) is 0 Å². The summed E-state index contributed by atoms with van der Waals surface area (Å²) < 4.78 is 0. The molecule has 0 saturated carbocycles. The van der Waals surface area contributed by atoms with Gasteiger partial charge in [-0.2, -0.15) is 0 Å². The molecule has 4 rings (SSSR count). The number of carbonyl (C=O) groups is 1. The summed E-state index contributed by atoms with van der Waals surface area (Å²) in [7, 11) is 0. The third kappa shape index (κ3) is 6.27. The fraction of sp³-hybridized carbons (Fsp3) is 0.567. The van der Waals surface area contributed by atoms with Crippen molar-refractivity contribution in [3.05, 3.63) is 69.7 Å². The molecule has 4 nitrogen and oxygen atoms in total. The molecule has 2 heterocycles. The lowest BCUT2D eigenvalue weighted by Crippen LogP contribution is -2.55. The first kappa shape index (κ1) is 27.4. The van der Waals surface area contributed by atoms with Crippen molar-refractivity contribution in [2.45, 2.75) is 70.3 Å². The highest BCUT2D eigenvalue weighted by atomic mass is 35.5. The van der Waals surface area contributed by atoms with Gasteiger partial charge < -0.3 is 15.5 Å². The predicted molar refractivity (Wildman–Crippen MR) is 151 cm³/mol. The highest BCUT2D eigenvalue weighted by molar-refractivity contribution is 6.42. The summed E-state index contributed by atoms with van der Waals surface area (Å²) in [6.45, 7) is 11.1. The molecule has 0 radical (unpaired) electrons. The molecule has 2 aliphatic heterocycles. The van der Waals surface area contributed by atoms with Crippen LogP contribution in [0.1, 0.15) is 70.4 Å². The number of likely N-dealkylation sites (tertiary alicyclic amines) is 1. The van der Waals surface area contributed by atoms with E-state index < -0.39 is 5.41 Å². The Morgan fingerprint density at radius 3 is 2.33 bits per heavy atom. The largest absolute Gasteiger partial charge is 0.346 e. The summed E-state index contributed by atoms with van der Waals surface area (Å²) in [5, 5.41) is 8.35. The van der Waals surface area contributed by atoms with Crippen molar-refractivity contribution >= 4 is 29.1 Å². The zero-order valence-corrected chi connectivity index (χ0v) is 23.5. The minimum absolute atomic E-state index is 0.108. The molecule has 2 fully saturated rings. The van der Waals surface area contributed by atoms with Crippen molar-refractivity contribution in [3.63, 3.8) is 0 Å². The third-order valence-electron chi connectivity index (χ3n) is 8.20. The Labute approximate surface area is 227 Å². The van der Waals surface area contributed by atoms with Gasteiger partial charge in [-0.25, -0.2) is 0 Å². The van der Waals surface area contributed by atoms with Crippen LogP contribution in [0.15, 0.2) is 48.5 Å². The number of halogens is 2.